The monoisotopic (exact) mass is 363 g/mol. The van der Waals surface area contributed by atoms with Crippen LogP contribution in [0.3, 0.4) is 0 Å². The quantitative estimate of drug-likeness (QED) is 0.738. The minimum atomic E-state index is -0.257. The van der Waals surface area contributed by atoms with Crippen LogP contribution in [0.25, 0.3) is 0 Å². The van der Waals surface area contributed by atoms with E-state index in [0.717, 1.165) is 31.7 Å². The Morgan fingerprint density at radius 1 is 1.00 bits per heavy atom. The molecule has 2 nitrogen and oxygen atoms in total. The van der Waals surface area contributed by atoms with E-state index in [9.17, 15) is 0 Å². The minimum absolute atomic E-state index is 0. The molecule has 3 heteroatoms. The number of hydrogen-bond acceptors (Lipinski definition) is 2. The summed E-state index contributed by atoms with van der Waals surface area (Å²) < 4.78 is 6.59. The van der Waals surface area contributed by atoms with E-state index in [1.807, 2.05) is 0 Å². The van der Waals surface area contributed by atoms with Gasteiger partial charge in [-0.3, -0.25) is 0 Å². The summed E-state index contributed by atoms with van der Waals surface area (Å²) in [6.45, 7) is 1.81. The topological polar surface area (TPSA) is 12.5 Å². The lowest BCUT2D eigenvalue weighted by Gasteiger charge is -2.42. The number of rotatable bonds is 2. The van der Waals surface area contributed by atoms with Crippen molar-refractivity contribution in [2.24, 2.45) is 0 Å². The molecule has 5 rings (SSSR count). The third-order valence-electron chi connectivity index (χ3n) is 5.35. The lowest BCUT2D eigenvalue weighted by Crippen LogP contribution is -2.50. The summed E-state index contributed by atoms with van der Waals surface area (Å²) in [5, 5.41) is 0. The molecule has 1 aliphatic carbocycles. The highest BCUT2D eigenvalue weighted by atomic mass is 35.5. The van der Waals surface area contributed by atoms with E-state index in [4.69, 9.17) is 4.74 Å². The molecular weight excluding hydrogens is 342 g/mol. The number of fused-ring (bicyclic) bond motifs is 3. The number of halogens is 1. The maximum absolute atomic E-state index is 6.59. The zero-order valence-corrected chi connectivity index (χ0v) is 15.4. The molecule has 0 amide bonds. The second-order valence-electron chi connectivity index (χ2n) is 7.14. The number of benzene rings is 2. The van der Waals surface area contributed by atoms with E-state index in [2.05, 4.69) is 83.9 Å². The first-order chi connectivity index (χ1) is 12.3. The molecule has 26 heavy (non-hydrogen) atoms. The molecule has 0 saturated heterocycles. The van der Waals surface area contributed by atoms with Gasteiger partial charge in [-0.15, -0.1) is 12.4 Å². The fourth-order valence-electron chi connectivity index (χ4n) is 4.28. The van der Waals surface area contributed by atoms with Crippen molar-refractivity contribution in [2.45, 2.75) is 25.0 Å². The Bertz CT molecular complexity index is 872. The number of allylic oxidation sites excluding steroid dienone is 3. The zero-order chi connectivity index (χ0) is 16.7. The molecule has 3 aliphatic rings. The van der Waals surface area contributed by atoms with E-state index < -0.39 is 0 Å². The molecule has 2 heterocycles. The number of para-hydroxylation sites is 1. The lowest BCUT2D eigenvalue weighted by molar-refractivity contribution is 0.0874. The van der Waals surface area contributed by atoms with E-state index in [1.165, 1.54) is 22.3 Å². The van der Waals surface area contributed by atoms with Crippen molar-refractivity contribution in [3.63, 3.8) is 0 Å². The van der Waals surface area contributed by atoms with Gasteiger partial charge in [0.25, 0.3) is 0 Å². The van der Waals surface area contributed by atoms with Gasteiger partial charge in [-0.2, -0.15) is 0 Å². The van der Waals surface area contributed by atoms with Crippen LogP contribution in [0.1, 0.15) is 17.5 Å². The van der Waals surface area contributed by atoms with Crippen LogP contribution in [0, 0.1) is 0 Å². The minimum Gasteiger partial charge on any atom is -0.480 e. The predicted octanol–water partition coefficient (Wildman–Crippen LogP) is 5.07. The average Bonchev–Trinajstić information content (AvgIpc) is 3.01. The first kappa shape index (κ1) is 17.0. The van der Waals surface area contributed by atoms with E-state index in [0.29, 0.717) is 0 Å². The smallest absolute Gasteiger partial charge is 0.156 e. The van der Waals surface area contributed by atoms with E-state index in [1.54, 1.807) is 0 Å². The Labute approximate surface area is 160 Å². The number of hydrogen-bond donors (Lipinski definition) is 0. The summed E-state index contributed by atoms with van der Waals surface area (Å²) in [7, 11) is 0. The van der Waals surface area contributed by atoms with E-state index >= 15 is 0 Å². The molecule has 0 radical (unpaired) electrons. The maximum Gasteiger partial charge on any atom is 0.156 e. The van der Waals surface area contributed by atoms with Crippen molar-refractivity contribution in [3.8, 4) is 5.75 Å². The van der Waals surface area contributed by atoms with Gasteiger partial charge in [0.15, 0.2) is 5.60 Å². The van der Waals surface area contributed by atoms with Gasteiger partial charge < -0.3 is 9.64 Å². The van der Waals surface area contributed by atoms with Gasteiger partial charge in [0.1, 0.15) is 5.75 Å². The first-order valence-corrected chi connectivity index (χ1v) is 8.96. The summed E-state index contributed by atoms with van der Waals surface area (Å²) in [5.41, 5.74) is 5.14. The molecule has 0 bridgehead atoms. The fraction of sp³-hybridized carbons (Fsp3) is 0.217. The van der Waals surface area contributed by atoms with Gasteiger partial charge in [-0.1, -0.05) is 66.8 Å². The second kappa shape index (κ2) is 6.69. The molecule has 0 fully saturated rings. The lowest BCUT2D eigenvalue weighted by atomic mass is 9.79. The van der Waals surface area contributed by atoms with Crippen molar-refractivity contribution in [1.82, 2.24) is 4.90 Å². The highest BCUT2D eigenvalue weighted by Crippen LogP contribution is 2.45. The van der Waals surface area contributed by atoms with Crippen molar-refractivity contribution in [2.75, 3.05) is 6.54 Å². The van der Waals surface area contributed by atoms with E-state index in [-0.39, 0.29) is 18.0 Å². The van der Waals surface area contributed by atoms with Gasteiger partial charge in [0.2, 0.25) is 0 Å². The highest BCUT2D eigenvalue weighted by Gasteiger charge is 2.47. The Kier molecular flexibility index (Phi) is 4.37. The molecule has 132 valence electrons. The van der Waals surface area contributed by atoms with Crippen molar-refractivity contribution in [3.05, 3.63) is 101 Å². The van der Waals surface area contributed by atoms with Gasteiger partial charge in [0.05, 0.1) is 6.54 Å². The molecule has 0 saturated carbocycles. The summed E-state index contributed by atoms with van der Waals surface area (Å²) in [6.07, 6.45) is 10.9. The van der Waals surface area contributed by atoms with Gasteiger partial charge in [-0.05, 0) is 29.2 Å². The predicted molar refractivity (Wildman–Crippen MR) is 108 cm³/mol. The molecule has 1 spiro atoms. The van der Waals surface area contributed by atoms with Gasteiger partial charge in [-0.25, -0.2) is 0 Å². The number of nitrogens with zero attached hydrogens (tertiary/aromatic N) is 1. The SMILES string of the molecule is C1=CCC2=CN(Cc3ccccc3)CC3(Cc4ccccc4O3)C2=C1.Cl. The molecule has 2 aromatic rings. The molecule has 1 atom stereocenters. The van der Waals surface area contributed by atoms with Crippen molar-refractivity contribution >= 4 is 12.4 Å². The van der Waals surface area contributed by atoms with Crippen LogP contribution in [-0.2, 0) is 13.0 Å². The summed E-state index contributed by atoms with van der Waals surface area (Å²) in [5.74, 6) is 1.04. The molecule has 0 aromatic heterocycles. The Morgan fingerprint density at radius 2 is 1.81 bits per heavy atom. The third-order valence-corrected chi connectivity index (χ3v) is 5.35. The largest absolute Gasteiger partial charge is 0.480 e. The van der Waals surface area contributed by atoms with Crippen molar-refractivity contribution in [1.29, 1.82) is 0 Å². The van der Waals surface area contributed by atoms with Gasteiger partial charge in [0, 0.05) is 24.7 Å². The van der Waals surface area contributed by atoms with Crippen LogP contribution >= 0.6 is 12.4 Å². The molecular formula is C23H22ClNO. The summed E-state index contributed by atoms with van der Waals surface area (Å²) in [4.78, 5) is 2.42. The zero-order valence-electron chi connectivity index (χ0n) is 14.6. The van der Waals surface area contributed by atoms with Crippen LogP contribution < -0.4 is 4.74 Å². The average molecular weight is 364 g/mol. The van der Waals surface area contributed by atoms with Crippen LogP contribution in [0.5, 0.6) is 5.75 Å². The second-order valence-corrected chi connectivity index (χ2v) is 7.14. The summed E-state index contributed by atoms with van der Waals surface area (Å²) in [6, 6.07) is 19.2. The van der Waals surface area contributed by atoms with Crippen molar-refractivity contribution < 1.29 is 4.74 Å². The van der Waals surface area contributed by atoms with Crippen LogP contribution in [0.4, 0.5) is 0 Å². The third kappa shape index (κ3) is 2.85. The number of ether oxygens (including phenoxy) is 1. The van der Waals surface area contributed by atoms with Crippen LogP contribution in [-0.4, -0.2) is 17.0 Å². The molecule has 2 aromatic carbocycles. The highest BCUT2D eigenvalue weighted by molar-refractivity contribution is 5.85. The first-order valence-electron chi connectivity index (χ1n) is 8.96. The molecule has 2 aliphatic heterocycles. The normalized spacial score (nSPS) is 22.7. The Balaban J connectivity index is 0.00000168. The summed E-state index contributed by atoms with van der Waals surface area (Å²) >= 11 is 0. The molecule has 1 unspecified atom stereocenters. The van der Waals surface area contributed by atoms with Crippen LogP contribution in [0.2, 0.25) is 0 Å². The fourth-order valence-corrected chi connectivity index (χ4v) is 4.28. The van der Waals surface area contributed by atoms with Crippen LogP contribution in [0.15, 0.2) is 90.2 Å². The Morgan fingerprint density at radius 3 is 2.65 bits per heavy atom. The van der Waals surface area contributed by atoms with Gasteiger partial charge >= 0.3 is 0 Å². The molecule has 0 N–H and O–H groups in total. The maximum atomic E-state index is 6.59. The Hall–Kier alpha value is -2.45. The standard InChI is InChI=1S/C23H21NO.ClH/c1-2-8-18(9-3-1)15-24-16-20-11-4-6-12-21(20)23(17-24)14-19-10-5-7-13-22(19)25-23;/h1-10,12-13,16H,11,14-15,17H2;1H.